The van der Waals surface area contributed by atoms with E-state index in [-0.39, 0.29) is 5.82 Å². The van der Waals surface area contributed by atoms with E-state index >= 15 is 0 Å². The fourth-order valence-electron chi connectivity index (χ4n) is 2.63. The number of aliphatic hydroxyl groups is 2. The zero-order valence-electron chi connectivity index (χ0n) is 10.1. The monoisotopic (exact) mass is 238 g/mol. The lowest BCUT2D eigenvalue weighted by Gasteiger charge is -2.37. The summed E-state index contributed by atoms with van der Waals surface area (Å²) in [6.45, 7) is 1.82. The Morgan fingerprint density at radius 3 is 2.53 bits per heavy atom. The first-order chi connectivity index (χ1) is 8.03. The molecule has 0 radical (unpaired) electrons. The smallest absolute Gasteiger partial charge is 0.123 e. The highest BCUT2D eigenvalue weighted by molar-refractivity contribution is 5.30. The molecule has 94 valence electrons. The molecule has 1 fully saturated rings. The molecular formula is C14H19FO2. The van der Waals surface area contributed by atoms with Crippen LogP contribution in [0.3, 0.4) is 0 Å². The van der Waals surface area contributed by atoms with Gasteiger partial charge in [-0.2, -0.15) is 0 Å². The molecular weight excluding hydrogens is 219 g/mol. The molecule has 1 aliphatic rings. The van der Waals surface area contributed by atoms with Crippen LogP contribution in [0.4, 0.5) is 4.39 Å². The highest BCUT2D eigenvalue weighted by atomic mass is 19.1. The number of rotatable bonds is 2. The van der Waals surface area contributed by atoms with Crippen molar-refractivity contribution in [3.63, 3.8) is 0 Å². The van der Waals surface area contributed by atoms with Gasteiger partial charge in [0.2, 0.25) is 0 Å². The summed E-state index contributed by atoms with van der Waals surface area (Å²) in [7, 11) is 0. The Kier molecular flexibility index (Phi) is 3.50. The van der Waals surface area contributed by atoms with Gasteiger partial charge < -0.3 is 10.2 Å². The molecule has 0 heterocycles. The van der Waals surface area contributed by atoms with Gasteiger partial charge in [0.15, 0.2) is 0 Å². The molecule has 1 aromatic carbocycles. The summed E-state index contributed by atoms with van der Waals surface area (Å²) < 4.78 is 13.2. The molecule has 17 heavy (non-hydrogen) atoms. The summed E-state index contributed by atoms with van der Waals surface area (Å²) in [6.07, 6.45) is 3.12. The topological polar surface area (TPSA) is 40.5 Å². The summed E-state index contributed by atoms with van der Waals surface area (Å²) in [5.74, 6) is -0.371. The van der Waals surface area contributed by atoms with Crippen LogP contribution < -0.4 is 0 Å². The molecule has 0 spiro atoms. The van der Waals surface area contributed by atoms with Gasteiger partial charge in [0, 0.05) is 0 Å². The third kappa shape index (κ3) is 2.50. The Balaban J connectivity index is 2.29. The Morgan fingerprint density at radius 2 is 1.88 bits per heavy atom. The van der Waals surface area contributed by atoms with Crippen molar-refractivity contribution in [2.24, 2.45) is 0 Å². The maximum Gasteiger partial charge on any atom is 0.123 e. The van der Waals surface area contributed by atoms with Crippen LogP contribution in [-0.4, -0.2) is 15.8 Å². The molecule has 1 atom stereocenters. The van der Waals surface area contributed by atoms with Crippen LogP contribution in [0.2, 0.25) is 0 Å². The van der Waals surface area contributed by atoms with Crippen LogP contribution in [-0.2, 0) is 0 Å². The molecule has 1 aliphatic carbocycles. The number of aliphatic hydroxyl groups excluding tert-OH is 1. The first kappa shape index (κ1) is 12.5. The van der Waals surface area contributed by atoms with E-state index in [4.69, 9.17) is 0 Å². The van der Waals surface area contributed by atoms with Gasteiger partial charge in [-0.25, -0.2) is 4.39 Å². The highest BCUT2D eigenvalue weighted by Crippen LogP contribution is 2.39. The molecule has 1 aromatic rings. The van der Waals surface area contributed by atoms with E-state index < -0.39 is 11.7 Å². The lowest BCUT2D eigenvalue weighted by atomic mass is 9.77. The average Bonchev–Trinajstić information content (AvgIpc) is 2.32. The maximum atomic E-state index is 13.2. The summed E-state index contributed by atoms with van der Waals surface area (Å²) >= 11 is 0. The predicted octanol–water partition coefficient (Wildman–Crippen LogP) is 2.86. The molecule has 1 unspecified atom stereocenters. The standard InChI is InChI=1S/C14H19FO2/c1-10-5-6-11(15)9-12(10)13(16)14(17)7-3-2-4-8-14/h5-6,9,13,16-17H,2-4,7-8H2,1H3. The number of halogens is 1. The molecule has 2 rings (SSSR count). The number of hydrogen-bond acceptors (Lipinski definition) is 2. The third-order valence-electron chi connectivity index (χ3n) is 3.76. The maximum absolute atomic E-state index is 13.2. The van der Waals surface area contributed by atoms with E-state index in [2.05, 4.69) is 0 Å². The molecule has 0 aromatic heterocycles. The zero-order valence-corrected chi connectivity index (χ0v) is 10.1. The van der Waals surface area contributed by atoms with Gasteiger partial charge in [-0.05, 0) is 43.0 Å². The Morgan fingerprint density at radius 1 is 1.24 bits per heavy atom. The van der Waals surface area contributed by atoms with Crippen molar-refractivity contribution in [1.82, 2.24) is 0 Å². The van der Waals surface area contributed by atoms with Gasteiger partial charge in [0.05, 0.1) is 5.60 Å². The Bertz CT molecular complexity index is 397. The SMILES string of the molecule is Cc1ccc(F)cc1C(O)C1(O)CCCCC1. The van der Waals surface area contributed by atoms with Crippen molar-refractivity contribution in [2.75, 3.05) is 0 Å². The van der Waals surface area contributed by atoms with Crippen LogP contribution >= 0.6 is 0 Å². The number of aryl methyl sites for hydroxylation is 1. The van der Waals surface area contributed by atoms with Crippen LogP contribution in [0.15, 0.2) is 18.2 Å². The third-order valence-corrected chi connectivity index (χ3v) is 3.76. The van der Waals surface area contributed by atoms with Crippen LogP contribution in [0.1, 0.15) is 49.3 Å². The quantitative estimate of drug-likeness (QED) is 0.831. The molecule has 0 amide bonds. The van der Waals surface area contributed by atoms with Crippen molar-refractivity contribution in [2.45, 2.75) is 50.7 Å². The predicted molar refractivity (Wildman–Crippen MR) is 64.1 cm³/mol. The van der Waals surface area contributed by atoms with E-state index in [0.717, 1.165) is 24.8 Å². The molecule has 2 N–H and O–H groups in total. The first-order valence-corrected chi connectivity index (χ1v) is 6.19. The summed E-state index contributed by atoms with van der Waals surface area (Å²) in [5, 5.41) is 20.7. The normalized spacial score (nSPS) is 21.2. The lowest BCUT2D eigenvalue weighted by molar-refractivity contribution is -0.0994. The molecule has 2 nitrogen and oxygen atoms in total. The second kappa shape index (κ2) is 4.75. The molecule has 0 bridgehead atoms. The minimum Gasteiger partial charge on any atom is -0.387 e. The van der Waals surface area contributed by atoms with E-state index in [1.54, 1.807) is 6.07 Å². The van der Waals surface area contributed by atoms with E-state index in [0.29, 0.717) is 18.4 Å². The number of benzene rings is 1. The summed E-state index contributed by atoms with van der Waals surface area (Å²) in [5.41, 5.74) is 0.240. The van der Waals surface area contributed by atoms with Gasteiger partial charge in [0.1, 0.15) is 11.9 Å². The van der Waals surface area contributed by atoms with Crippen molar-refractivity contribution < 1.29 is 14.6 Å². The first-order valence-electron chi connectivity index (χ1n) is 6.19. The van der Waals surface area contributed by atoms with Crippen molar-refractivity contribution in [3.05, 3.63) is 35.1 Å². The molecule has 3 heteroatoms. The van der Waals surface area contributed by atoms with Gasteiger partial charge in [0.25, 0.3) is 0 Å². The Hall–Kier alpha value is -0.930. The van der Waals surface area contributed by atoms with Crippen molar-refractivity contribution in [1.29, 1.82) is 0 Å². The van der Waals surface area contributed by atoms with Gasteiger partial charge in [-0.1, -0.05) is 25.3 Å². The second-order valence-corrected chi connectivity index (χ2v) is 5.07. The minimum absolute atomic E-state index is 0.371. The lowest BCUT2D eigenvalue weighted by Crippen LogP contribution is -2.38. The molecule has 0 saturated heterocycles. The van der Waals surface area contributed by atoms with Crippen LogP contribution in [0.5, 0.6) is 0 Å². The largest absolute Gasteiger partial charge is 0.387 e. The average molecular weight is 238 g/mol. The zero-order chi connectivity index (χ0) is 12.5. The van der Waals surface area contributed by atoms with E-state index in [1.807, 2.05) is 6.92 Å². The fraction of sp³-hybridized carbons (Fsp3) is 0.571. The fourth-order valence-corrected chi connectivity index (χ4v) is 2.63. The minimum atomic E-state index is -1.09. The summed E-state index contributed by atoms with van der Waals surface area (Å²) in [6, 6.07) is 4.34. The molecule has 1 saturated carbocycles. The number of hydrogen-bond donors (Lipinski definition) is 2. The summed E-state index contributed by atoms with van der Waals surface area (Å²) in [4.78, 5) is 0. The Labute approximate surface area is 101 Å². The van der Waals surface area contributed by atoms with Crippen molar-refractivity contribution >= 4 is 0 Å². The van der Waals surface area contributed by atoms with Crippen LogP contribution in [0.25, 0.3) is 0 Å². The van der Waals surface area contributed by atoms with Crippen molar-refractivity contribution in [3.8, 4) is 0 Å². The van der Waals surface area contributed by atoms with Gasteiger partial charge in [-0.3, -0.25) is 0 Å². The van der Waals surface area contributed by atoms with Gasteiger partial charge >= 0.3 is 0 Å². The molecule has 0 aliphatic heterocycles. The van der Waals surface area contributed by atoms with E-state index in [9.17, 15) is 14.6 Å². The second-order valence-electron chi connectivity index (χ2n) is 5.07. The van der Waals surface area contributed by atoms with Crippen LogP contribution in [0, 0.1) is 12.7 Å². The highest BCUT2D eigenvalue weighted by Gasteiger charge is 2.38. The van der Waals surface area contributed by atoms with E-state index in [1.165, 1.54) is 12.1 Å². The van der Waals surface area contributed by atoms with Gasteiger partial charge in [-0.15, -0.1) is 0 Å².